The Morgan fingerprint density at radius 3 is 3.11 bits per heavy atom. The van der Waals surface area contributed by atoms with Crippen LogP contribution in [0.3, 0.4) is 0 Å². The predicted molar refractivity (Wildman–Crippen MR) is 79.1 cm³/mol. The van der Waals surface area contributed by atoms with Crippen LogP contribution in [0.1, 0.15) is 21.6 Å². The SMILES string of the molecule is Cc1ccnc(N2CCc3sccc3C2)c1C(=N)N. The third-order valence-corrected chi connectivity index (χ3v) is 4.54. The lowest BCUT2D eigenvalue weighted by Crippen LogP contribution is -2.32. The molecule has 0 amide bonds. The van der Waals surface area contributed by atoms with Crippen LogP contribution in [-0.2, 0) is 13.0 Å². The number of nitrogen functional groups attached to an aromatic ring is 1. The molecule has 0 aromatic carbocycles. The first-order valence-electron chi connectivity index (χ1n) is 6.27. The number of anilines is 1. The van der Waals surface area contributed by atoms with Crippen molar-refractivity contribution in [3.63, 3.8) is 0 Å². The van der Waals surface area contributed by atoms with E-state index in [-0.39, 0.29) is 5.84 Å². The largest absolute Gasteiger partial charge is 0.384 e. The molecular weight excluding hydrogens is 256 g/mol. The van der Waals surface area contributed by atoms with Crippen molar-refractivity contribution in [2.45, 2.75) is 19.9 Å². The molecule has 0 spiro atoms. The third-order valence-electron chi connectivity index (χ3n) is 3.52. The first kappa shape index (κ1) is 12.2. The minimum absolute atomic E-state index is 0.0942. The van der Waals surface area contributed by atoms with E-state index >= 15 is 0 Å². The van der Waals surface area contributed by atoms with E-state index < -0.39 is 0 Å². The van der Waals surface area contributed by atoms with Gasteiger partial charge in [0.15, 0.2) is 0 Å². The van der Waals surface area contributed by atoms with E-state index in [1.54, 1.807) is 6.20 Å². The van der Waals surface area contributed by atoms with Crippen molar-refractivity contribution in [3.05, 3.63) is 45.3 Å². The van der Waals surface area contributed by atoms with E-state index in [0.717, 1.165) is 36.5 Å². The summed E-state index contributed by atoms with van der Waals surface area (Å²) in [6, 6.07) is 4.08. The number of fused-ring (bicyclic) bond motifs is 1. The molecule has 3 rings (SSSR count). The number of rotatable bonds is 2. The molecule has 0 radical (unpaired) electrons. The van der Waals surface area contributed by atoms with Gasteiger partial charge in [-0.15, -0.1) is 11.3 Å². The molecule has 0 atom stereocenters. The lowest BCUT2D eigenvalue weighted by Gasteiger charge is -2.29. The van der Waals surface area contributed by atoms with Gasteiger partial charge in [-0.05, 0) is 42.0 Å². The highest BCUT2D eigenvalue weighted by molar-refractivity contribution is 7.10. The molecule has 4 nitrogen and oxygen atoms in total. The molecular formula is C14H16N4S. The van der Waals surface area contributed by atoms with Gasteiger partial charge in [-0.3, -0.25) is 5.41 Å². The second-order valence-electron chi connectivity index (χ2n) is 4.78. The molecule has 1 aliphatic rings. The summed E-state index contributed by atoms with van der Waals surface area (Å²) in [4.78, 5) is 8.14. The Kier molecular flexibility index (Phi) is 2.98. The first-order valence-corrected chi connectivity index (χ1v) is 7.15. The Morgan fingerprint density at radius 1 is 1.47 bits per heavy atom. The quantitative estimate of drug-likeness (QED) is 0.651. The number of thiophene rings is 1. The predicted octanol–water partition coefficient (Wildman–Crippen LogP) is 2.30. The zero-order valence-corrected chi connectivity index (χ0v) is 11.6. The van der Waals surface area contributed by atoms with Gasteiger partial charge in [0.1, 0.15) is 11.7 Å². The third kappa shape index (κ3) is 2.10. The molecule has 0 saturated carbocycles. The van der Waals surface area contributed by atoms with Gasteiger partial charge < -0.3 is 10.6 Å². The molecule has 3 heterocycles. The van der Waals surface area contributed by atoms with Crippen molar-refractivity contribution in [2.75, 3.05) is 11.4 Å². The van der Waals surface area contributed by atoms with E-state index in [1.165, 1.54) is 10.4 Å². The standard InChI is InChI=1S/C14H16N4S/c1-9-2-5-17-14(12(9)13(15)16)18-6-3-11-10(8-18)4-7-19-11/h2,4-5,7H,3,6,8H2,1H3,(H3,15,16). The summed E-state index contributed by atoms with van der Waals surface area (Å²) in [5.74, 6) is 0.932. The number of nitrogens with zero attached hydrogens (tertiary/aromatic N) is 2. The van der Waals surface area contributed by atoms with Gasteiger partial charge in [0.2, 0.25) is 0 Å². The summed E-state index contributed by atoms with van der Waals surface area (Å²) in [6.07, 6.45) is 2.83. The average molecular weight is 272 g/mol. The number of nitrogens with two attached hydrogens (primary N) is 1. The molecule has 1 aliphatic heterocycles. The lowest BCUT2D eigenvalue weighted by molar-refractivity contribution is 0.730. The minimum Gasteiger partial charge on any atom is -0.384 e. The van der Waals surface area contributed by atoms with Crippen LogP contribution in [0.25, 0.3) is 0 Å². The number of aryl methyl sites for hydroxylation is 1. The van der Waals surface area contributed by atoms with Crippen molar-refractivity contribution >= 4 is 23.0 Å². The molecule has 19 heavy (non-hydrogen) atoms. The highest BCUT2D eigenvalue weighted by Gasteiger charge is 2.22. The van der Waals surface area contributed by atoms with Gasteiger partial charge >= 0.3 is 0 Å². The van der Waals surface area contributed by atoms with Crippen LogP contribution in [0.4, 0.5) is 5.82 Å². The zero-order chi connectivity index (χ0) is 13.4. The monoisotopic (exact) mass is 272 g/mol. The highest BCUT2D eigenvalue weighted by Crippen LogP contribution is 2.29. The Hall–Kier alpha value is -1.88. The molecule has 2 aromatic rings. The molecule has 0 aliphatic carbocycles. The molecule has 5 heteroatoms. The molecule has 0 unspecified atom stereocenters. The Morgan fingerprint density at radius 2 is 2.32 bits per heavy atom. The first-order chi connectivity index (χ1) is 9.16. The number of pyridine rings is 1. The lowest BCUT2D eigenvalue weighted by atomic mass is 10.1. The van der Waals surface area contributed by atoms with Crippen molar-refractivity contribution in [1.82, 2.24) is 4.98 Å². The molecule has 0 bridgehead atoms. The number of hydrogen-bond donors (Lipinski definition) is 2. The maximum atomic E-state index is 7.76. The zero-order valence-electron chi connectivity index (χ0n) is 10.8. The van der Waals surface area contributed by atoms with Gasteiger partial charge in [-0.2, -0.15) is 0 Å². The van der Waals surface area contributed by atoms with E-state index in [2.05, 4.69) is 21.3 Å². The fourth-order valence-electron chi connectivity index (χ4n) is 2.55. The van der Waals surface area contributed by atoms with Gasteiger partial charge in [0, 0.05) is 24.2 Å². The van der Waals surface area contributed by atoms with Gasteiger partial charge in [0.25, 0.3) is 0 Å². The van der Waals surface area contributed by atoms with E-state index in [1.807, 2.05) is 24.3 Å². The second kappa shape index (κ2) is 4.66. The fourth-order valence-corrected chi connectivity index (χ4v) is 3.44. The van der Waals surface area contributed by atoms with E-state index in [9.17, 15) is 0 Å². The summed E-state index contributed by atoms with van der Waals surface area (Å²) in [7, 11) is 0. The average Bonchev–Trinajstić information content (AvgIpc) is 2.85. The van der Waals surface area contributed by atoms with Crippen LogP contribution in [0.2, 0.25) is 0 Å². The van der Waals surface area contributed by atoms with Crippen molar-refractivity contribution in [3.8, 4) is 0 Å². The Bertz CT molecular complexity index is 632. The van der Waals surface area contributed by atoms with Crippen LogP contribution in [0.5, 0.6) is 0 Å². The van der Waals surface area contributed by atoms with Crippen LogP contribution >= 0.6 is 11.3 Å². The van der Waals surface area contributed by atoms with Crippen LogP contribution in [0, 0.1) is 12.3 Å². The van der Waals surface area contributed by atoms with Crippen LogP contribution in [-0.4, -0.2) is 17.4 Å². The smallest absolute Gasteiger partial charge is 0.140 e. The Labute approximate surface area is 116 Å². The van der Waals surface area contributed by atoms with Gasteiger partial charge in [0.05, 0.1) is 5.56 Å². The van der Waals surface area contributed by atoms with Crippen LogP contribution < -0.4 is 10.6 Å². The number of hydrogen-bond acceptors (Lipinski definition) is 4. The van der Waals surface area contributed by atoms with Gasteiger partial charge in [-0.1, -0.05) is 0 Å². The topological polar surface area (TPSA) is 66.0 Å². The van der Waals surface area contributed by atoms with E-state index in [4.69, 9.17) is 11.1 Å². The molecule has 0 fully saturated rings. The van der Waals surface area contributed by atoms with Crippen molar-refractivity contribution < 1.29 is 0 Å². The fraction of sp³-hybridized carbons (Fsp3) is 0.286. The minimum atomic E-state index is 0.0942. The summed E-state index contributed by atoms with van der Waals surface area (Å²) >= 11 is 1.82. The molecule has 3 N–H and O–H groups in total. The van der Waals surface area contributed by atoms with Crippen molar-refractivity contribution in [2.24, 2.45) is 5.73 Å². The number of nitrogens with one attached hydrogen (secondary N) is 1. The Balaban J connectivity index is 2.00. The number of amidine groups is 1. The molecule has 0 saturated heterocycles. The summed E-state index contributed by atoms with van der Waals surface area (Å²) in [5, 5.41) is 9.91. The summed E-state index contributed by atoms with van der Waals surface area (Å²) < 4.78 is 0. The number of aromatic nitrogens is 1. The molecule has 98 valence electrons. The summed E-state index contributed by atoms with van der Waals surface area (Å²) in [6.45, 7) is 3.77. The van der Waals surface area contributed by atoms with Gasteiger partial charge in [-0.25, -0.2) is 4.98 Å². The second-order valence-corrected chi connectivity index (χ2v) is 5.78. The van der Waals surface area contributed by atoms with E-state index in [0.29, 0.717) is 0 Å². The highest BCUT2D eigenvalue weighted by atomic mass is 32.1. The maximum absolute atomic E-state index is 7.76. The van der Waals surface area contributed by atoms with Crippen LogP contribution in [0.15, 0.2) is 23.7 Å². The normalized spacial score (nSPS) is 14.3. The molecule has 2 aromatic heterocycles. The van der Waals surface area contributed by atoms with Crippen molar-refractivity contribution in [1.29, 1.82) is 5.41 Å². The maximum Gasteiger partial charge on any atom is 0.140 e. The summed E-state index contributed by atoms with van der Waals surface area (Å²) in [5.41, 5.74) is 8.86.